The third kappa shape index (κ3) is 4.58. The highest BCUT2D eigenvalue weighted by atomic mass is 32.2. The fourth-order valence-corrected chi connectivity index (χ4v) is 4.23. The first-order valence-corrected chi connectivity index (χ1v) is 11.2. The highest BCUT2D eigenvalue weighted by Crippen LogP contribution is 2.26. The molecule has 0 bridgehead atoms. The van der Waals surface area contributed by atoms with Gasteiger partial charge in [-0.2, -0.15) is 0 Å². The normalized spacial score (nSPS) is 13.1. The molecule has 11 heteroatoms. The lowest BCUT2D eigenvalue weighted by Gasteiger charge is -2.16. The molecule has 3 amide bonds. The predicted octanol–water partition coefficient (Wildman–Crippen LogP) is 2.72. The maximum absolute atomic E-state index is 12.6. The summed E-state index contributed by atoms with van der Waals surface area (Å²) in [5, 5.41) is 2.54. The summed E-state index contributed by atoms with van der Waals surface area (Å²) in [5.74, 6) is -1.84. The second-order valence-electron chi connectivity index (χ2n) is 7.33. The number of sulfonamides is 1. The second kappa shape index (κ2) is 8.43. The van der Waals surface area contributed by atoms with Crippen LogP contribution in [0, 0.1) is 13.8 Å². The first kappa shape index (κ1) is 22.1. The van der Waals surface area contributed by atoms with Gasteiger partial charge in [0.2, 0.25) is 15.9 Å². The van der Waals surface area contributed by atoms with E-state index in [0.717, 1.165) is 4.90 Å². The van der Waals surface area contributed by atoms with E-state index in [1.165, 1.54) is 36.4 Å². The molecule has 0 atom stereocenters. The molecule has 0 fully saturated rings. The molecule has 3 aromatic rings. The van der Waals surface area contributed by atoms with Crippen LogP contribution in [0.1, 0.15) is 32.1 Å². The number of nitrogens with one attached hydrogen (secondary N) is 1. The summed E-state index contributed by atoms with van der Waals surface area (Å²) in [4.78, 5) is 45.9. The largest absolute Gasteiger partial charge is 0.363 e. The minimum atomic E-state index is -4.07. The SMILES string of the molecule is Cc1cc(C)nc([N-]S(=O)(=O)c2ccc(NC(=O)CN3C(=O)c4ccccc4C3=O)cc2)n1. The van der Waals surface area contributed by atoms with E-state index in [0.29, 0.717) is 17.1 Å². The smallest absolute Gasteiger partial charge is 0.262 e. The summed E-state index contributed by atoms with van der Waals surface area (Å²) in [5.41, 5.74) is 1.97. The average Bonchev–Trinajstić information content (AvgIpc) is 2.98. The Hall–Kier alpha value is -4.12. The van der Waals surface area contributed by atoms with E-state index in [2.05, 4.69) is 20.0 Å². The van der Waals surface area contributed by atoms with Gasteiger partial charge in [-0.1, -0.05) is 18.2 Å². The van der Waals surface area contributed by atoms with Crippen molar-refractivity contribution >= 4 is 39.4 Å². The summed E-state index contributed by atoms with van der Waals surface area (Å²) >= 11 is 0. The van der Waals surface area contributed by atoms with Crippen LogP contribution in [-0.2, 0) is 14.8 Å². The summed E-state index contributed by atoms with van der Waals surface area (Å²) in [6.45, 7) is 2.95. The van der Waals surface area contributed by atoms with Crippen LogP contribution in [0.15, 0.2) is 59.5 Å². The molecule has 1 N–H and O–H groups in total. The average molecular weight is 464 g/mol. The Morgan fingerprint density at radius 3 is 2.03 bits per heavy atom. The summed E-state index contributed by atoms with van der Waals surface area (Å²) < 4.78 is 28.8. The lowest BCUT2D eigenvalue weighted by molar-refractivity contribution is -0.116. The minimum Gasteiger partial charge on any atom is -0.363 e. The third-order valence-electron chi connectivity index (χ3n) is 4.79. The number of amides is 3. The first-order valence-electron chi connectivity index (χ1n) is 9.79. The van der Waals surface area contributed by atoms with Gasteiger partial charge in [0.15, 0.2) is 0 Å². The number of benzene rings is 2. The van der Waals surface area contributed by atoms with Crippen molar-refractivity contribution < 1.29 is 22.8 Å². The molecule has 1 aliphatic heterocycles. The molecule has 1 aromatic heterocycles. The number of aryl methyl sites for hydroxylation is 2. The van der Waals surface area contributed by atoms with Crippen molar-refractivity contribution in [2.45, 2.75) is 18.7 Å². The van der Waals surface area contributed by atoms with E-state index in [-0.39, 0.29) is 22.0 Å². The van der Waals surface area contributed by atoms with Gasteiger partial charge in [-0.3, -0.25) is 24.0 Å². The maximum atomic E-state index is 12.6. The number of anilines is 1. The molecule has 0 saturated carbocycles. The number of carbonyl (C=O) groups is 3. The summed E-state index contributed by atoms with van der Waals surface area (Å²) in [7, 11) is -4.07. The number of aromatic nitrogens is 2. The zero-order valence-electron chi connectivity index (χ0n) is 17.6. The van der Waals surface area contributed by atoms with E-state index < -0.39 is 34.3 Å². The molecule has 10 nitrogen and oxygen atoms in total. The van der Waals surface area contributed by atoms with Gasteiger partial charge in [0.1, 0.15) is 6.54 Å². The molecule has 0 unspecified atom stereocenters. The molecule has 168 valence electrons. The lowest BCUT2D eigenvalue weighted by atomic mass is 10.1. The standard InChI is InChI=1S/C22H19N5O5S/c1-13-11-14(2)24-22(23-13)26-33(31,32)16-9-7-15(8-10-16)25-19(28)12-27-20(29)17-5-3-4-6-18(17)21(27)30/h3-11H,12H2,1-2H3,(H2,23,24,25,26,28)/p-1. The van der Waals surface area contributed by atoms with E-state index in [9.17, 15) is 22.8 Å². The zero-order chi connectivity index (χ0) is 23.8. The van der Waals surface area contributed by atoms with Crippen LogP contribution >= 0.6 is 0 Å². The lowest BCUT2D eigenvalue weighted by Crippen LogP contribution is -2.37. The second-order valence-corrected chi connectivity index (χ2v) is 8.94. The Kier molecular flexibility index (Phi) is 5.64. The minimum absolute atomic E-state index is 0.108. The summed E-state index contributed by atoms with van der Waals surface area (Å²) in [6, 6.07) is 13.4. The third-order valence-corrected chi connectivity index (χ3v) is 6.06. The number of carbonyl (C=O) groups excluding carboxylic acids is 3. The van der Waals surface area contributed by atoms with Crippen LogP contribution < -0.4 is 5.32 Å². The van der Waals surface area contributed by atoms with Crippen molar-refractivity contribution in [3.8, 4) is 0 Å². The topological polar surface area (TPSA) is 140 Å². The Morgan fingerprint density at radius 1 is 0.939 bits per heavy atom. The summed E-state index contributed by atoms with van der Waals surface area (Å²) in [6.07, 6.45) is 0. The van der Waals surface area contributed by atoms with Crippen LogP contribution in [0.4, 0.5) is 11.6 Å². The van der Waals surface area contributed by atoms with Gasteiger partial charge >= 0.3 is 0 Å². The van der Waals surface area contributed by atoms with Crippen molar-refractivity contribution in [1.29, 1.82) is 0 Å². The first-order chi connectivity index (χ1) is 15.6. The van der Waals surface area contributed by atoms with Crippen LogP contribution in [0.3, 0.4) is 0 Å². The van der Waals surface area contributed by atoms with Crippen LogP contribution in [0.2, 0.25) is 0 Å². The molecular weight excluding hydrogens is 446 g/mol. The number of hydrogen-bond acceptors (Lipinski definition) is 7. The van der Waals surface area contributed by atoms with E-state index in [1.807, 2.05) is 0 Å². The quantitative estimate of drug-likeness (QED) is 0.553. The van der Waals surface area contributed by atoms with Crippen molar-refractivity contribution in [2.75, 3.05) is 11.9 Å². The van der Waals surface area contributed by atoms with Gasteiger partial charge in [0.05, 0.1) is 16.0 Å². The molecule has 0 radical (unpaired) electrons. The van der Waals surface area contributed by atoms with Crippen molar-refractivity contribution in [1.82, 2.24) is 14.9 Å². The fraction of sp³-hybridized carbons (Fsp3) is 0.136. The number of rotatable bonds is 6. The van der Waals surface area contributed by atoms with Crippen LogP contribution in [0.25, 0.3) is 4.72 Å². The van der Waals surface area contributed by atoms with E-state index in [1.54, 1.807) is 32.0 Å². The van der Waals surface area contributed by atoms with Crippen molar-refractivity contribution in [3.05, 3.63) is 81.8 Å². The van der Waals surface area contributed by atoms with Crippen LogP contribution in [0.5, 0.6) is 0 Å². The predicted molar refractivity (Wildman–Crippen MR) is 119 cm³/mol. The van der Waals surface area contributed by atoms with Crippen LogP contribution in [-0.4, -0.2) is 47.6 Å². The highest BCUT2D eigenvalue weighted by Gasteiger charge is 2.36. The monoisotopic (exact) mass is 464 g/mol. The molecule has 2 heterocycles. The number of nitrogens with zero attached hydrogens (tertiary/aromatic N) is 4. The Bertz CT molecular complexity index is 1330. The molecule has 0 spiro atoms. The van der Waals surface area contributed by atoms with Crippen molar-refractivity contribution in [2.24, 2.45) is 0 Å². The van der Waals surface area contributed by atoms with Gasteiger partial charge in [-0.25, -0.2) is 8.42 Å². The number of imide groups is 1. The molecule has 33 heavy (non-hydrogen) atoms. The van der Waals surface area contributed by atoms with Gasteiger partial charge in [0.25, 0.3) is 11.8 Å². The molecule has 2 aromatic carbocycles. The van der Waals surface area contributed by atoms with Gasteiger partial charge in [-0.15, -0.1) is 0 Å². The fourth-order valence-electron chi connectivity index (χ4n) is 3.35. The molecule has 0 saturated heterocycles. The Labute approximate surface area is 189 Å². The zero-order valence-corrected chi connectivity index (χ0v) is 18.5. The number of hydrogen-bond donors (Lipinski definition) is 1. The van der Waals surface area contributed by atoms with Gasteiger partial charge < -0.3 is 15.3 Å². The van der Waals surface area contributed by atoms with E-state index in [4.69, 9.17) is 0 Å². The van der Waals surface area contributed by atoms with Gasteiger partial charge in [0, 0.05) is 11.6 Å². The van der Waals surface area contributed by atoms with Gasteiger partial charge in [-0.05, 0) is 61.6 Å². The highest BCUT2D eigenvalue weighted by molar-refractivity contribution is 7.94. The molecular formula is C22H18N5O5S-. The molecule has 4 rings (SSSR count). The Morgan fingerprint density at radius 2 is 1.48 bits per heavy atom. The Balaban J connectivity index is 1.42. The maximum Gasteiger partial charge on any atom is 0.262 e. The molecule has 0 aliphatic carbocycles. The number of fused-ring (bicyclic) bond motifs is 1. The van der Waals surface area contributed by atoms with E-state index >= 15 is 0 Å². The molecule has 1 aliphatic rings. The van der Waals surface area contributed by atoms with Crippen molar-refractivity contribution in [3.63, 3.8) is 0 Å².